The molecule has 0 fully saturated rings. The van der Waals surface area contributed by atoms with Crippen molar-refractivity contribution in [1.82, 2.24) is 0 Å². The van der Waals surface area contributed by atoms with E-state index in [1.807, 2.05) is 0 Å². The SMILES string of the molecule is CCCCC#CC#CCCCCCCCCC(=O)CCCC=CCCC=CCCCC=O. The molecule has 0 heterocycles. The van der Waals surface area contributed by atoms with Crippen molar-refractivity contribution >= 4 is 12.1 Å². The predicted molar refractivity (Wildman–Crippen MR) is 138 cm³/mol. The number of ketones is 1. The number of unbranched alkanes of at least 4 members (excludes halogenated alkanes) is 12. The Morgan fingerprint density at radius 2 is 1.12 bits per heavy atom. The topological polar surface area (TPSA) is 34.1 Å². The first-order valence-corrected chi connectivity index (χ1v) is 13.0. The smallest absolute Gasteiger partial charge is 0.132 e. The molecule has 0 aromatic heterocycles. The van der Waals surface area contributed by atoms with Gasteiger partial charge in [0.15, 0.2) is 0 Å². The van der Waals surface area contributed by atoms with E-state index in [1.54, 1.807) is 0 Å². The summed E-state index contributed by atoms with van der Waals surface area (Å²) >= 11 is 0. The zero-order chi connectivity index (χ0) is 23.4. The zero-order valence-electron chi connectivity index (χ0n) is 20.6. The van der Waals surface area contributed by atoms with Gasteiger partial charge in [-0.3, -0.25) is 4.79 Å². The first kappa shape index (κ1) is 29.9. The van der Waals surface area contributed by atoms with Crippen molar-refractivity contribution in [3.05, 3.63) is 24.3 Å². The quantitative estimate of drug-likeness (QED) is 0.0781. The molecule has 0 spiro atoms. The van der Waals surface area contributed by atoms with E-state index in [9.17, 15) is 9.59 Å². The lowest BCUT2D eigenvalue weighted by atomic mass is 10.0. The highest BCUT2D eigenvalue weighted by Gasteiger charge is 2.01. The summed E-state index contributed by atoms with van der Waals surface area (Å²) in [5.74, 6) is 12.5. The summed E-state index contributed by atoms with van der Waals surface area (Å²) in [4.78, 5) is 22.2. The normalized spacial score (nSPS) is 10.7. The highest BCUT2D eigenvalue weighted by molar-refractivity contribution is 5.78. The van der Waals surface area contributed by atoms with Crippen molar-refractivity contribution in [1.29, 1.82) is 0 Å². The molecule has 32 heavy (non-hydrogen) atoms. The highest BCUT2D eigenvalue weighted by Crippen LogP contribution is 2.10. The molecule has 2 heteroatoms. The summed E-state index contributed by atoms with van der Waals surface area (Å²) < 4.78 is 0. The maximum Gasteiger partial charge on any atom is 0.132 e. The fourth-order valence-electron chi connectivity index (χ4n) is 3.25. The molecule has 2 nitrogen and oxygen atoms in total. The third-order valence-electron chi connectivity index (χ3n) is 5.25. The van der Waals surface area contributed by atoms with E-state index in [1.165, 1.54) is 38.5 Å². The largest absolute Gasteiger partial charge is 0.303 e. The zero-order valence-corrected chi connectivity index (χ0v) is 20.6. The van der Waals surface area contributed by atoms with Gasteiger partial charge >= 0.3 is 0 Å². The van der Waals surface area contributed by atoms with Gasteiger partial charge in [-0.1, -0.05) is 75.2 Å². The number of rotatable bonds is 21. The Bertz CT molecular complexity index is 619. The van der Waals surface area contributed by atoms with Gasteiger partial charge < -0.3 is 4.79 Å². The van der Waals surface area contributed by atoms with Gasteiger partial charge in [0.25, 0.3) is 0 Å². The van der Waals surface area contributed by atoms with Gasteiger partial charge in [0, 0.05) is 32.1 Å². The third kappa shape index (κ3) is 26.0. The summed E-state index contributed by atoms with van der Waals surface area (Å²) in [6.45, 7) is 2.18. The van der Waals surface area contributed by atoms with Gasteiger partial charge in [-0.15, -0.1) is 0 Å². The van der Waals surface area contributed by atoms with Crippen molar-refractivity contribution < 1.29 is 9.59 Å². The molecule has 0 amide bonds. The second-order valence-electron chi connectivity index (χ2n) is 8.38. The lowest BCUT2D eigenvalue weighted by Crippen LogP contribution is -1.97. The van der Waals surface area contributed by atoms with Crippen molar-refractivity contribution in [3.63, 3.8) is 0 Å². The lowest BCUT2D eigenvalue weighted by molar-refractivity contribution is -0.119. The average molecular weight is 439 g/mol. The molecule has 0 atom stereocenters. The van der Waals surface area contributed by atoms with Crippen LogP contribution in [0.3, 0.4) is 0 Å². The van der Waals surface area contributed by atoms with Crippen LogP contribution in [0, 0.1) is 23.7 Å². The Morgan fingerprint density at radius 1 is 0.594 bits per heavy atom. The molecule has 0 saturated heterocycles. The molecular formula is C30H46O2. The summed E-state index contributed by atoms with van der Waals surface area (Å²) in [5.41, 5.74) is 0. The minimum Gasteiger partial charge on any atom is -0.303 e. The maximum atomic E-state index is 12.0. The van der Waals surface area contributed by atoms with Crippen LogP contribution in [-0.4, -0.2) is 12.1 Å². The first-order chi connectivity index (χ1) is 15.8. The van der Waals surface area contributed by atoms with E-state index in [4.69, 9.17) is 0 Å². The van der Waals surface area contributed by atoms with Crippen molar-refractivity contribution in [3.8, 4) is 23.7 Å². The molecule has 0 bridgehead atoms. The number of carbonyl (C=O) groups is 2. The Labute approximate surface area is 198 Å². The van der Waals surface area contributed by atoms with Gasteiger partial charge in [0.2, 0.25) is 0 Å². The second-order valence-corrected chi connectivity index (χ2v) is 8.38. The number of aldehydes is 1. The van der Waals surface area contributed by atoms with E-state index >= 15 is 0 Å². The van der Waals surface area contributed by atoms with Gasteiger partial charge in [-0.2, -0.15) is 0 Å². The van der Waals surface area contributed by atoms with Gasteiger partial charge in [0.05, 0.1) is 0 Å². The summed E-state index contributed by atoms with van der Waals surface area (Å²) in [7, 11) is 0. The molecule has 0 radical (unpaired) electrons. The summed E-state index contributed by atoms with van der Waals surface area (Å²) in [5, 5.41) is 0. The molecular weight excluding hydrogens is 392 g/mol. The van der Waals surface area contributed by atoms with Gasteiger partial charge in [0.1, 0.15) is 12.1 Å². The average Bonchev–Trinajstić information content (AvgIpc) is 2.80. The molecule has 0 aromatic rings. The molecule has 0 aliphatic heterocycles. The number of Topliss-reactive ketones (excluding diaryl/α,β-unsaturated/α-hetero) is 1. The van der Waals surface area contributed by atoms with Crippen LogP contribution in [0.25, 0.3) is 0 Å². The van der Waals surface area contributed by atoms with Crippen molar-refractivity contribution in [2.24, 2.45) is 0 Å². The molecule has 0 aliphatic rings. The van der Waals surface area contributed by atoms with E-state index in [2.05, 4.69) is 54.9 Å². The van der Waals surface area contributed by atoms with E-state index in [0.717, 1.165) is 83.3 Å². The monoisotopic (exact) mass is 438 g/mol. The Hall–Kier alpha value is -2.06. The highest BCUT2D eigenvalue weighted by atomic mass is 16.1. The van der Waals surface area contributed by atoms with E-state index < -0.39 is 0 Å². The number of carbonyl (C=O) groups excluding carboxylic acids is 2. The van der Waals surface area contributed by atoms with Crippen LogP contribution in [0.15, 0.2) is 24.3 Å². The van der Waals surface area contributed by atoms with Crippen LogP contribution in [0.4, 0.5) is 0 Å². The van der Waals surface area contributed by atoms with Crippen molar-refractivity contribution in [2.75, 3.05) is 0 Å². The van der Waals surface area contributed by atoms with Crippen LogP contribution < -0.4 is 0 Å². The molecule has 0 aromatic carbocycles. The van der Waals surface area contributed by atoms with Crippen molar-refractivity contribution in [2.45, 2.75) is 129 Å². The summed E-state index contributed by atoms with van der Waals surface area (Å²) in [6, 6.07) is 0. The fourth-order valence-corrected chi connectivity index (χ4v) is 3.25. The predicted octanol–water partition coefficient (Wildman–Crippen LogP) is 8.31. The molecule has 0 N–H and O–H groups in total. The van der Waals surface area contributed by atoms with E-state index in [0.29, 0.717) is 12.2 Å². The molecule has 0 saturated carbocycles. The molecule has 0 rings (SSSR count). The third-order valence-corrected chi connectivity index (χ3v) is 5.25. The Morgan fingerprint density at radius 3 is 1.78 bits per heavy atom. The Balaban J connectivity index is 3.38. The number of allylic oxidation sites excluding steroid dienone is 4. The molecule has 178 valence electrons. The molecule has 0 unspecified atom stereocenters. The van der Waals surface area contributed by atoms with Crippen LogP contribution in [0.1, 0.15) is 129 Å². The van der Waals surface area contributed by atoms with Crippen LogP contribution in [-0.2, 0) is 9.59 Å². The van der Waals surface area contributed by atoms with Gasteiger partial charge in [-0.05, 0) is 69.6 Å². The standard InChI is InChI=1S/C30H46O2/c1-2-3-4-5-6-7-8-9-10-12-15-18-21-24-27-30(32)28-25-22-19-16-13-11-14-17-20-23-26-29-31/h14,16-17,19,29H,2-4,9-13,15,18,20-28H2,1H3. The fraction of sp³-hybridized carbons (Fsp3) is 0.667. The van der Waals surface area contributed by atoms with Crippen LogP contribution in [0.2, 0.25) is 0 Å². The number of hydrogen-bond donors (Lipinski definition) is 0. The first-order valence-electron chi connectivity index (χ1n) is 13.0. The van der Waals surface area contributed by atoms with Crippen LogP contribution in [0.5, 0.6) is 0 Å². The maximum absolute atomic E-state index is 12.0. The summed E-state index contributed by atoms with van der Waals surface area (Å²) in [6.07, 6.45) is 29.3. The second kappa shape index (κ2) is 27.0. The number of hydrogen-bond acceptors (Lipinski definition) is 2. The van der Waals surface area contributed by atoms with Gasteiger partial charge in [-0.25, -0.2) is 0 Å². The molecule has 0 aliphatic carbocycles. The Kier molecular flexibility index (Phi) is 25.2. The minimum atomic E-state index is 0.423. The van der Waals surface area contributed by atoms with Crippen LogP contribution >= 0.6 is 0 Å². The lowest BCUT2D eigenvalue weighted by Gasteiger charge is -2.01. The minimum absolute atomic E-state index is 0.423. The van der Waals surface area contributed by atoms with E-state index in [-0.39, 0.29) is 0 Å².